The van der Waals surface area contributed by atoms with Crippen LogP contribution in [0.25, 0.3) is 27.2 Å². The maximum atomic E-state index is 9.69. The van der Waals surface area contributed by atoms with Gasteiger partial charge in [-0.05, 0) is 18.4 Å². The van der Waals surface area contributed by atoms with Crippen molar-refractivity contribution < 1.29 is 0 Å². The van der Waals surface area contributed by atoms with Crippen molar-refractivity contribution >= 4 is 33.3 Å². The fourth-order valence-corrected chi connectivity index (χ4v) is 4.64. The first-order chi connectivity index (χ1) is 11.8. The lowest BCUT2D eigenvalue weighted by molar-refractivity contribution is 0.913. The van der Waals surface area contributed by atoms with Crippen LogP contribution in [0.4, 0.5) is 0 Å². The van der Waals surface area contributed by atoms with Crippen molar-refractivity contribution in [1.29, 1.82) is 5.26 Å². The molecule has 0 atom stereocenters. The van der Waals surface area contributed by atoms with E-state index in [4.69, 9.17) is 5.10 Å². The Hall–Kier alpha value is -2.55. The van der Waals surface area contributed by atoms with Gasteiger partial charge in [0.25, 0.3) is 0 Å². The van der Waals surface area contributed by atoms with Crippen LogP contribution in [0.15, 0.2) is 64.9 Å². The van der Waals surface area contributed by atoms with Crippen molar-refractivity contribution in [1.82, 2.24) is 9.78 Å². The molecule has 116 valence electrons. The largest absolute Gasteiger partial charge is 0.230 e. The van der Waals surface area contributed by atoms with Crippen molar-refractivity contribution in [3.05, 3.63) is 66.2 Å². The lowest BCUT2D eigenvalue weighted by atomic mass is 10.1. The Kier molecular flexibility index (Phi) is 3.85. The van der Waals surface area contributed by atoms with E-state index in [1.54, 1.807) is 23.1 Å². The summed E-state index contributed by atoms with van der Waals surface area (Å²) in [5.74, 6) is 0. The second-order valence-electron chi connectivity index (χ2n) is 5.22. The molecule has 4 aromatic rings. The number of benzene rings is 2. The van der Waals surface area contributed by atoms with Gasteiger partial charge in [-0.3, -0.25) is 0 Å². The number of thiophene rings is 1. The first-order valence-corrected chi connectivity index (χ1v) is 9.48. The summed E-state index contributed by atoms with van der Waals surface area (Å²) in [6.07, 6.45) is 2.01. The second kappa shape index (κ2) is 6.16. The molecule has 0 aliphatic rings. The highest BCUT2D eigenvalue weighted by Gasteiger charge is 2.22. The Balaban J connectivity index is 2.09. The summed E-state index contributed by atoms with van der Waals surface area (Å²) in [4.78, 5) is 0. The molecule has 0 N–H and O–H groups in total. The molecule has 2 aromatic heterocycles. The Bertz CT molecular complexity index is 1040. The van der Waals surface area contributed by atoms with E-state index in [2.05, 4.69) is 18.2 Å². The molecule has 0 saturated heterocycles. The summed E-state index contributed by atoms with van der Waals surface area (Å²) in [6.45, 7) is 0. The summed E-state index contributed by atoms with van der Waals surface area (Å²) >= 11 is 3.26. The third kappa shape index (κ3) is 2.32. The first kappa shape index (κ1) is 15.0. The Morgan fingerprint density at radius 2 is 1.71 bits per heavy atom. The molecule has 4 rings (SSSR count). The molecule has 5 heteroatoms. The molecule has 0 aliphatic heterocycles. The number of nitrogens with zero attached hydrogens (tertiary/aromatic N) is 3. The summed E-state index contributed by atoms with van der Waals surface area (Å²) < 4.78 is 3.99. The number of para-hydroxylation sites is 1. The van der Waals surface area contributed by atoms with Crippen molar-refractivity contribution in [2.45, 2.75) is 4.21 Å². The van der Waals surface area contributed by atoms with E-state index in [1.165, 1.54) is 0 Å². The number of hydrogen-bond acceptors (Lipinski definition) is 4. The van der Waals surface area contributed by atoms with Crippen molar-refractivity contribution in [2.75, 3.05) is 6.26 Å². The monoisotopic (exact) mass is 347 g/mol. The van der Waals surface area contributed by atoms with E-state index in [9.17, 15) is 5.26 Å². The lowest BCUT2D eigenvalue weighted by Crippen LogP contribution is -1.97. The first-order valence-electron chi connectivity index (χ1n) is 7.44. The predicted octanol–water partition coefficient (Wildman–Crippen LogP) is 5.35. The zero-order chi connectivity index (χ0) is 16.5. The molecule has 0 bridgehead atoms. The van der Waals surface area contributed by atoms with E-state index in [1.807, 2.05) is 59.5 Å². The minimum absolute atomic E-state index is 0.709. The molecule has 0 amide bonds. The molecule has 0 fully saturated rings. The topological polar surface area (TPSA) is 41.6 Å². The van der Waals surface area contributed by atoms with Gasteiger partial charge < -0.3 is 0 Å². The number of nitriles is 1. The highest BCUT2D eigenvalue weighted by Crippen LogP contribution is 2.42. The number of rotatable bonds is 3. The summed E-state index contributed by atoms with van der Waals surface area (Å²) in [7, 11) is 0. The van der Waals surface area contributed by atoms with Gasteiger partial charge in [0.05, 0.1) is 14.6 Å². The molecule has 0 unspecified atom stereocenters. The van der Waals surface area contributed by atoms with E-state index in [0.717, 1.165) is 31.4 Å². The maximum Gasteiger partial charge on any atom is 0.111 e. The minimum Gasteiger partial charge on any atom is -0.230 e. The normalized spacial score (nSPS) is 10.8. The van der Waals surface area contributed by atoms with Gasteiger partial charge in [0.1, 0.15) is 22.8 Å². The minimum atomic E-state index is 0.709. The molecule has 24 heavy (non-hydrogen) atoms. The summed E-state index contributed by atoms with van der Waals surface area (Å²) in [5.41, 5.74) is 4.57. The SMILES string of the molecule is CSc1sc2c(-c3ccccc3)nn(-c3ccccc3)c2c1C#N. The fourth-order valence-electron chi connectivity index (χ4n) is 2.74. The van der Waals surface area contributed by atoms with E-state index >= 15 is 0 Å². The number of aromatic nitrogens is 2. The van der Waals surface area contributed by atoms with Crippen LogP contribution in [0.1, 0.15) is 5.56 Å². The predicted molar refractivity (Wildman–Crippen MR) is 101 cm³/mol. The van der Waals surface area contributed by atoms with Gasteiger partial charge in [0.15, 0.2) is 0 Å². The molecule has 0 saturated carbocycles. The summed E-state index contributed by atoms with van der Waals surface area (Å²) in [5, 5.41) is 14.5. The molecular weight excluding hydrogens is 334 g/mol. The second-order valence-corrected chi connectivity index (χ2v) is 7.32. The summed E-state index contributed by atoms with van der Waals surface area (Å²) in [6, 6.07) is 22.5. The van der Waals surface area contributed by atoms with Gasteiger partial charge in [-0.15, -0.1) is 23.1 Å². The zero-order valence-corrected chi connectivity index (χ0v) is 14.6. The van der Waals surface area contributed by atoms with Crippen LogP contribution in [0.3, 0.4) is 0 Å². The van der Waals surface area contributed by atoms with Gasteiger partial charge in [0, 0.05) is 5.56 Å². The Morgan fingerprint density at radius 3 is 2.33 bits per heavy atom. The molecular formula is C19H13N3S2. The van der Waals surface area contributed by atoms with E-state index in [0.29, 0.717) is 5.56 Å². The van der Waals surface area contributed by atoms with Crippen LogP contribution in [0.2, 0.25) is 0 Å². The van der Waals surface area contributed by atoms with Crippen LogP contribution in [0.5, 0.6) is 0 Å². The molecule has 0 aliphatic carbocycles. The van der Waals surface area contributed by atoms with Crippen molar-refractivity contribution in [3.63, 3.8) is 0 Å². The number of hydrogen-bond donors (Lipinski definition) is 0. The van der Waals surface area contributed by atoms with E-state index < -0.39 is 0 Å². The molecule has 0 spiro atoms. The van der Waals surface area contributed by atoms with Gasteiger partial charge in [-0.2, -0.15) is 10.4 Å². The number of fused-ring (bicyclic) bond motifs is 1. The zero-order valence-electron chi connectivity index (χ0n) is 12.9. The van der Waals surface area contributed by atoms with Gasteiger partial charge in [-0.25, -0.2) is 4.68 Å². The van der Waals surface area contributed by atoms with Crippen LogP contribution in [-0.2, 0) is 0 Å². The highest BCUT2D eigenvalue weighted by atomic mass is 32.2. The van der Waals surface area contributed by atoms with Crippen molar-refractivity contribution in [2.24, 2.45) is 0 Å². The molecule has 3 nitrogen and oxygen atoms in total. The third-order valence-corrected chi connectivity index (χ3v) is 6.13. The van der Waals surface area contributed by atoms with Crippen LogP contribution in [0, 0.1) is 11.3 Å². The third-order valence-electron chi connectivity index (χ3n) is 3.82. The average molecular weight is 347 g/mol. The number of thioether (sulfide) groups is 1. The Labute approximate surface area is 148 Å². The fraction of sp³-hybridized carbons (Fsp3) is 0.0526. The van der Waals surface area contributed by atoms with Gasteiger partial charge in [-0.1, -0.05) is 48.5 Å². The lowest BCUT2D eigenvalue weighted by Gasteiger charge is -2.03. The highest BCUT2D eigenvalue weighted by molar-refractivity contribution is 8.00. The average Bonchev–Trinajstić information content (AvgIpc) is 3.19. The van der Waals surface area contributed by atoms with Gasteiger partial charge >= 0.3 is 0 Å². The maximum absolute atomic E-state index is 9.69. The van der Waals surface area contributed by atoms with Gasteiger partial charge in [0.2, 0.25) is 0 Å². The Morgan fingerprint density at radius 1 is 1.04 bits per heavy atom. The quantitative estimate of drug-likeness (QED) is 0.469. The van der Waals surface area contributed by atoms with Crippen LogP contribution >= 0.6 is 23.1 Å². The van der Waals surface area contributed by atoms with Crippen LogP contribution < -0.4 is 0 Å². The smallest absolute Gasteiger partial charge is 0.111 e. The van der Waals surface area contributed by atoms with Crippen molar-refractivity contribution in [3.8, 4) is 23.0 Å². The molecule has 2 aromatic carbocycles. The molecule has 2 heterocycles. The van der Waals surface area contributed by atoms with Crippen LogP contribution in [-0.4, -0.2) is 16.0 Å². The molecule has 0 radical (unpaired) electrons. The van der Waals surface area contributed by atoms with E-state index in [-0.39, 0.29) is 0 Å². The standard InChI is InChI=1S/C19H13N3S2/c1-23-19-15(12-20)17-18(24-19)16(13-8-4-2-5-9-13)21-22(17)14-10-6-3-7-11-14/h2-11H,1H3.